The quantitative estimate of drug-likeness (QED) is 0.531. The Bertz CT molecular complexity index is 1280. The van der Waals surface area contributed by atoms with Crippen LogP contribution in [0.1, 0.15) is 17.3 Å². The third-order valence-electron chi connectivity index (χ3n) is 4.58. The molecule has 2 N–H and O–H groups in total. The van der Waals surface area contributed by atoms with Gasteiger partial charge in [0.2, 0.25) is 0 Å². The summed E-state index contributed by atoms with van der Waals surface area (Å²) in [5.41, 5.74) is 0.162. The van der Waals surface area contributed by atoms with Gasteiger partial charge in [-0.25, -0.2) is 4.98 Å². The molecule has 0 saturated carbocycles. The molecule has 7 heteroatoms. The van der Waals surface area contributed by atoms with Crippen molar-refractivity contribution in [1.82, 2.24) is 9.55 Å². The van der Waals surface area contributed by atoms with E-state index in [9.17, 15) is 14.7 Å². The van der Waals surface area contributed by atoms with E-state index in [0.29, 0.717) is 29.1 Å². The molecular weight excluding hydrogens is 382 g/mol. The Morgan fingerprint density at radius 2 is 1.80 bits per heavy atom. The van der Waals surface area contributed by atoms with Crippen LogP contribution in [0.5, 0.6) is 11.5 Å². The van der Waals surface area contributed by atoms with E-state index in [1.807, 2.05) is 13.0 Å². The van der Waals surface area contributed by atoms with Gasteiger partial charge in [-0.3, -0.25) is 14.2 Å². The fourth-order valence-corrected chi connectivity index (χ4v) is 3.26. The van der Waals surface area contributed by atoms with Gasteiger partial charge < -0.3 is 15.2 Å². The summed E-state index contributed by atoms with van der Waals surface area (Å²) < 4.78 is 6.84. The minimum Gasteiger partial charge on any atom is -0.506 e. The summed E-state index contributed by atoms with van der Waals surface area (Å²) in [4.78, 5) is 30.6. The number of hydrogen-bond donors (Lipinski definition) is 2. The maximum absolute atomic E-state index is 13.3. The summed E-state index contributed by atoms with van der Waals surface area (Å²) in [5, 5.41) is 13.8. The van der Waals surface area contributed by atoms with Crippen molar-refractivity contribution in [2.45, 2.75) is 6.92 Å². The lowest BCUT2D eigenvalue weighted by molar-refractivity contribution is 0.102. The molecule has 30 heavy (non-hydrogen) atoms. The molecular formula is C23H19N3O4. The van der Waals surface area contributed by atoms with Crippen molar-refractivity contribution in [2.24, 2.45) is 0 Å². The van der Waals surface area contributed by atoms with Gasteiger partial charge >= 0.3 is 0 Å². The average Bonchev–Trinajstić information content (AvgIpc) is 2.76. The molecule has 2 aromatic carbocycles. The summed E-state index contributed by atoms with van der Waals surface area (Å²) in [6, 6.07) is 19.0. The minimum absolute atomic E-state index is 0.262. The zero-order valence-corrected chi connectivity index (χ0v) is 16.2. The van der Waals surface area contributed by atoms with E-state index in [-0.39, 0.29) is 11.2 Å². The van der Waals surface area contributed by atoms with Crippen molar-refractivity contribution in [3.8, 4) is 17.2 Å². The Morgan fingerprint density at radius 1 is 1.07 bits per heavy atom. The second-order valence-corrected chi connectivity index (χ2v) is 6.46. The van der Waals surface area contributed by atoms with E-state index < -0.39 is 17.2 Å². The standard InChI is InChI=1S/C23H19N3O4/c1-2-30-18-13-7-6-12-17(18)25-22(28)19-20(27)16-11-8-14-24-21(16)26(23(19)29)15-9-4-3-5-10-15/h3-14,27H,2H2,1H3,(H,25,28). The summed E-state index contributed by atoms with van der Waals surface area (Å²) in [7, 11) is 0. The summed E-state index contributed by atoms with van der Waals surface area (Å²) >= 11 is 0. The highest BCUT2D eigenvalue weighted by atomic mass is 16.5. The Balaban J connectivity index is 1.90. The molecule has 150 valence electrons. The highest BCUT2D eigenvalue weighted by Gasteiger charge is 2.24. The van der Waals surface area contributed by atoms with E-state index in [2.05, 4.69) is 10.3 Å². The number of hydrogen-bond acceptors (Lipinski definition) is 5. The van der Waals surface area contributed by atoms with Crippen molar-refractivity contribution < 1.29 is 14.6 Å². The molecule has 4 rings (SSSR count). The van der Waals surface area contributed by atoms with Crippen LogP contribution < -0.4 is 15.6 Å². The zero-order chi connectivity index (χ0) is 21.1. The van der Waals surface area contributed by atoms with E-state index in [1.54, 1.807) is 60.7 Å². The monoisotopic (exact) mass is 401 g/mol. The molecule has 1 amide bonds. The molecule has 0 unspecified atom stereocenters. The highest BCUT2D eigenvalue weighted by molar-refractivity contribution is 6.09. The number of anilines is 1. The lowest BCUT2D eigenvalue weighted by Crippen LogP contribution is -2.29. The largest absolute Gasteiger partial charge is 0.506 e. The number of carbonyl (C=O) groups is 1. The van der Waals surface area contributed by atoms with Crippen LogP contribution in [-0.2, 0) is 0 Å². The first-order chi connectivity index (χ1) is 14.6. The summed E-state index contributed by atoms with van der Waals surface area (Å²) in [6.07, 6.45) is 1.53. The average molecular weight is 401 g/mol. The summed E-state index contributed by atoms with van der Waals surface area (Å²) in [5.74, 6) is -0.680. The van der Waals surface area contributed by atoms with Gasteiger partial charge in [0.05, 0.1) is 23.4 Å². The number of para-hydroxylation sites is 3. The molecule has 0 spiro atoms. The van der Waals surface area contributed by atoms with Crippen LogP contribution in [0.25, 0.3) is 16.7 Å². The van der Waals surface area contributed by atoms with Gasteiger partial charge in [0, 0.05) is 6.20 Å². The molecule has 0 fully saturated rings. The number of aromatic nitrogens is 2. The fraction of sp³-hybridized carbons (Fsp3) is 0.0870. The number of amides is 1. The number of rotatable bonds is 5. The maximum atomic E-state index is 13.3. The third-order valence-corrected chi connectivity index (χ3v) is 4.58. The van der Waals surface area contributed by atoms with Gasteiger partial charge in [-0.1, -0.05) is 30.3 Å². The molecule has 0 aliphatic rings. The topological polar surface area (TPSA) is 93.4 Å². The fourth-order valence-electron chi connectivity index (χ4n) is 3.26. The molecule has 7 nitrogen and oxygen atoms in total. The minimum atomic E-state index is -0.736. The van der Waals surface area contributed by atoms with Crippen LogP contribution in [0.4, 0.5) is 5.69 Å². The molecule has 0 aliphatic heterocycles. The van der Waals surface area contributed by atoms with Gasteiger partial charge in [-0.15, -0.1) is 0 Å². The molecule has 0 radical (unpaired) electrons. The van der Waals surface area contributed by atoms with Gasteiger partial charge in [-0.2, -0.15) is 0 Å². The van der Waals surface area contributed by atoms with Crippen LogP contribution in [-0.4, -0.2) is 27.2 Å². The number of benzene rings is 2. The predicted octanol–water partition coefficient (Wildman–Crippen LogP) is 3.74. The normalized spacial score (nSPS) is 10.7. The van der Waals surface area contributed by atoms with E-state index in [0.717, 1.165) is 0 Å². The van der Waals surface area contributed by atoms with Crippen LogP contribution in [0.2, 0.25) is 0 Å². The van der Waals surface area contributed by atoms with E-state index in [1.165, 1.54) is 10.8 Å². The lowest BCUT2D eigenvalue weighted by Gasteiger charge is -2.15. The van der Waals surface area contributed by atoms with Crippen LogP contribution >= 0.6 is 0 Å². The number of fused-ring (bicyclic) bond motifs is 1. The first-order valence-corrected chi connectivity index (χ1v) is 9.43. The van der Waals surface area contributed by atoms with Crippen molar-refractivity contribution >= 4 is 22.6 Å². The van der Waals surface area contributed by atoms with Gasteiger partial charge in [0.1, 0.15) is 17.1 Å². The smallest absolute Gasteiger partial charge is 0.273 e. The highest BCUT2D eigenvalue weighted by Crippen LogP contribution is 2.29. The first kappa shape index (κ1) is 19.2. The van der Waals surface area contributed by atoms with Crippen LogP contribution in [0.15, 0.2) is 77.7 Å². The molecule has 2 heterocycles. The number of pyridine rings is 2. The molecule has 4 aromatic rings. The number of aromatic hydroxyl groups is 1. The first-order valence-electron chi connectivity index (χ1n) is 9.43. The molecule has 0 atom stereocenters. The van der Waals surface area contributed by atoms with Crippen molar-refractivity contribution in [2.75, 3.05) is 11.9 Å². The maximum Gasteiger partial charge on any atom is 0.273 e. The molecule has 0 bridgehead atoms. The molecule has 0 aliphatic carbocycles. The number of carbonyl (C=O) groups excluding carboxylic acids is 1. The number of ether oxygens (including phenoxy) is 1. The molecule has 0 saturated heterocycles. The second-order valence-electron chi connectivity index (χ2n) is 6.46. The lowest BCUT2D eigenvalue weighted by atomic mass is 10.1. The van der Waals surface area contributed by atoms with E-state index >= 15 is 0 Å². The Labute approximate surface area is 172 Å². The Kier molecular flexibility index (Phi) is 5.17. The van der Waals surface area contributed by atoms with Crippen molar-refractivity contribution in [3.63, 3.8) is 0 Å². The van der Waals surface area contributed by atoms with Crippen LogP contribution in [0.3, 0.4) is 0 Å². The SMILES string of the molecule is CCOc1ccccc1NC(=O)c1c(O)c2cccnc2n(-c2ccccc2)c1=O. The van der Waals surface area contributed by atoms with Crippen molar-refractivity contribution in [1.29, 1.82) is 0 Å². The second kappa shape index (κ2) is 8.08. The molecule has 2 aromatic heterocycles. The van der Waals surface area contributed by atoms with Gasteiger partial charge in [0.25, 0.3) is 11.5 Å². The third kappa shape index (κ3) is 3.37. The number of nitrogens with one attached hydrogen (secondary N) is 1. The van der Waals surface area contributed by atoms with E-state index in [4.69, 9.17) is 4.74 Å². The zero-order valence-electron chi connectivity index (χ0n) is 16.2. The van der Waals surface area contributed by atoms with Crippen molar-refractivity contribution in [3.05, 3.63) is 88.8 Å². The van der Waals surface area contributed by atoms with Gasteiger partial charge in [0.15, 0.2) is 5.65 Å². The summed E-state index contributed by atoms with van der Waals surface area (Å²) in [6.45, 7) is 2.25. The van der Waals surface area contributed by atoms with Crippen LogP contribution in [0, 0.1) is 0 Å². The number of nitrogens with zero attached hydrogens (tertiary/aromatic N) is 2. The Morgan fingerprint density at radius 3 is 2.57 bits per heavy atom. The van der Waals surface area contributed by atoms with Gasteiger partial charge in [-0.05, 0) is 43.3 Å². The Hall–Kier alpha value is -4.13. The predicted molar refractivity (Wildman–Crippen MR) is 115 cm³/mol.